The van der Waals surface area contributed by atoms with Gasteiger partial charge in [-0.1, -0.05) is 19.8 Å². The van der Waals surface area contributed by atoms with Gasteiger partial charge in [-0.15, -0.1) is 11.3 Å². The lowest BCUT2D eigenvalue weighted by Crippen LogP contribution is -2.39. The Hall–Kier alpha value is -1.47. The van der Waals surface area contributed by atoms with Crippen LogP contribution in [0.3, 0.4) is 0 Å². The number of rotatable bonds is 7. The van der Waals surface area contributed by atoms with Crippen molar-refractivity contribution in [2.45, 2.75) is 39.2 Å². The Morgan fingerprint density at radius 2 is 2.32 bits per heavy atom. The normalized spacial score (nSPS) is 12.2. The first-order chi connectivity index (χ1) is 8.99. The fourth-order valence-corrected chi connectivity index (χ4v) is 2.61. The molecule has 1 aromatic heterocycles. The molecule has 0 aromatic carbocycles. The Balaban J connectivity index is 2.72. The zero-order valence-electron chi connectivity index (χ0n) is 11.1. The number of nitrogens with two attached hydrogens (primary N) is 1. The van der Waals surface area contributed by atoms with Gasteiger partial charge in [-0.2, -0.15) is 0 Å². The maximum atomic E-state index is 12.0. The van der Waals surface area contributed by atoms with E-state index in [1.807, 2.05) is 0 Å². The quantitative estimate of drug-likeness (QED) is 0.592. The molecule has 0 aliphatic rings. The summed E-state index contributed by atoms with van der Waals surface area (Å²) in [4.78, 5) is 23.1. The van der Waals surface area contributed by atoms with Crippen LogP contribution in [-0.2, 0) is 0 Å². The lowest BCUT2D eigenvalue weighted by molar-refractivity contribution is -0.385. The summed E-state index contributed by atoms with van der Waals surface area (Å²) < 4.78 is 0. The van der Waals surface area contributed by atoms with Gasteiger partial charge < -0.3 is 11.1 Å². The molecule has 0 spiro atoms. The Morgan fingerprint density at radius 3 is 2.79 bits per heavy atom. The van der Waals surface area contributed by atoms with Gasteiger partial charge in [0.2, 0.25) is 0 Å². The monoisotopic (exact) mass is 285 g/mol. The minimum absolute atomic E-state index is 0.00648. The van der Waals surface area contributed by atoms with E-state index < -0.39 is 4.92 Å². The molecule has 3 N–H and O–H groups in total. The minimum Gasteiger partial charge on any atom is -0.347 e. The molecule has 0 saturated heterocycles. The highest BCUT2D eigenvalue weighted by molar-refractivity contribution is 7.14. The van der Waals surface area contributed by atoms with Gasteiger partial charge in [-0.05, 0) is 13.3 Å². The van der Waals surface area contributed by atoms with Gasteiger partial charge in [0, 0.05) is 18.7 Å². The molecule has 6 nitrogen and oxygen atoms in total. The summed E-state index contributed by atoms with van der Waals surface area (Å²) in [6, 6.07) is 1.25. The van der Waals surface area contributed by atoms with Crippen molar-refractivity contribution < 1.29 is 9.72 Å². The summed E-state index contributed by atoms with van der Waals surface area (Å²) in [6.45, 7) is 4.08. The fraction of sp³-hybridized carbons (Fsp3) is 0.583. The zero-order valence-corrected chi connectivity index (χ0v) is 12.0. The average molecular weight is 285 g/mol. The highest BCUT2D eigenvalue weighted by atomic mass is 32.1. The van der Waals surface area contributed by atoms with E-state index in [4.69, 9.17) is 5.73 Å². The molecule has 1 atom stereocenters. The number of hydrogen-bond donors (Lipinski definition) is 2. The van der Waals surface area contributed by atoms with E-state index in [2.05, 4.69) is 12.2 Å². The van der Waals surface area contributed by atoms with Crippen molar-refractivity contribution in [3.05, 3.63) is 25.9 Å². The number of nitro groups is 1. The molecule has 0 fully saturated rings. The van der Waals surface area contributed by atoms with E-state index in [9.17, 15) is 14.9 Å². The SMILES string of the molecule is CCCCC(CN)NC(=O)c1cc([N+](=O)[O-])c(C)s1. The molecule has 0 bridgehead atoms. The summed E-state index contributed by atoms with van der Waals surface area (Å²) in [5.74, 6) is -0.284. The van der Waals surface area contributed by atoms with Crippen LogP contribution in [0.5, 0.6) is 0 Å². The predicted molar refractivity (Wildman–Crippen MR) is 75.5 cm³/mol. The van der Waals surface area contributed by atoms with Gasteiger partial charge >= 0.3 is 0 Å². The molecule has 1 heterocycles. The van der Waals surface area contributed by atoms with Crippen molar-refractivity contribution in [2.24, 2.45) is 5.73 Å². The topological polar surface area (TPSA) is 98.3 Å². The smallest absolute Gasteiger partial charge is 0.283 e. The number of amides is 1. The number of thiophene rings is 1. The van der Waals surface area contributed by atoms with Crippen LogP contribution in [0.4, 0.5) is 5.69 Å². The molecular formula is C12H19N3O3S. The third kappa shape index (κ3) is 4.29. The molecule has 0 radical (unpaired) electrons. The van der Waals surface area contributed by atoms with Gasteiger partial charge in [0.15, 0.2) is 0 Å². The summed E-state index contributed by atoms with van der Waals surface area (Å²) in [7, 11) is 0. The fourth-order valence-electron chi connectivity index (χ4n) is 1.72. The summed E-state index contributed by atoms with van der Waals surface area (Å²) in [5.41, 5.74) is 5.60. The molecule has 0 aliphatic carbocycles. The predicted octanol–water partition coefficient (Wildman–Crippen LogP) is 2.21. The molecule has 1 amide bonds. The van der Waals surface area contributed by atoms with Crippen molar-refractivity contribution in [1.29, 1.82) is 0 Å². The van der Waals surface area contributed by atoms with E-state index >= 15 is 0 Å². The number of hydrogen-bond acceptors (Lipinski definition) is 5. The third-order valence-corrected chi connectivity index (χ3v) is 3.88. The Labute approximate surface area is 116 Å². The molecule has 0 saturated carbocycles. The summed E-state index contributed by atoms with van der Waals surface area (Å²) in [5, 5.41) is 13.6. The van der Waals surface area contributed by atoms with E-state index in [1.165, 1.54) is 6.07 Å². The zero-order chi connectivity index (χ0) is 14.4. The van der Waals surface area contributed by atoms with Crippen molar-refractivity contribution >= 4 is 22.9 Å². The van der Waals surface area contributed by atoms with E-state index in [0.717, 1.165) is 30.6 Å². The first-order valence-corrected chi connectivity index (χ1v) is 7.07. The van der Waals surface area contributed by atoms with Crippen molar-refractivity contribution in [3.63, 3.8) is 0 Å². The lowest BCUT2D eigenvalue weighted by atomic mass is 10.1. The Bertz CT molecular complexity index is 459. The molecule has 1 unspecified atom stereocenters. The Kier molecular flexibility index (Phi) is 5.91. The highest BCUT2D eigenvalue weighted by Crippen LogP contribution is 2.27. The maximum absolute atomic E-state index is 12.0. The molecule has 19 heavy (non-hydrogen) atoms. The van der Waals surface area contributed by atoms with E-state index in [-0.39, 0.29) is 17.6 Å². The van der Waals surface area contributed by atoms with Crippen LogP contribution in [0.2, 0.25) is 0 Å². The second-order valence-corrected chi connectivity index (χ2v) is 5.61. The van der Waals surface area contributed by atoms with E-state index in [0.29, 0.717) is 16.3 Å². The molecule has 1 aromatic rings. The number of nitrogens with zero attached hydrogens (tertiary/aromatic N) is 1. The van der Waals surface area contributed by atoms with Gasteiger partial charge in [-0.25, -0.2) is 0 Å². The van der Waals surface area contributed by atoms with Gasteiger partial charge in [0.05, 0.1) is 14.7 Å². The van der Waals surface area contributed by atoms with Gasteiger partial charge in [-0.3, -0.25) is 14.9 Å². The maximum Gasteiger partial charge on any atom is 0.283 e. The summed E-state index contributed by atoms with van der Waals surface area (Å²) >= 11 is 1.13. The molecule has 7 heteroatoms. The van der Waals surface area contributed by atoms with Crippen molar-refractivity contribution in [2.75, 3.05) is 6.54 Å². The standard InChI is InChI=1S/C12H19N3O3S/c1-3-4-5-9(7-13)14-12(16)11-6-10(15(17)18)8(2)19-11/h6,9H,3-5,7,13H2,1-2H3,(H,14,16). The van der Waals surface area contributed by atoms with Crippen LogP contribution in [0.1, 0.15) is 40.7 Å². The van der Waals surface area contributed by atoms with E-state index in [1.54, 1.807) is 6.92 Å². The summed E-state index contributed by atoms with van der Waals surface area (Å²) in [6.07, 6.45) is 2.85. The first-order valence-electron chi connectivity index (χ1n) is 6.25. The van der Waals surface area contributed by atoms with Crippen LogP contribution >= 0.6 is 11.3 Å². The largest absolute Gasteiger partial charge is 0.347 e. The number of unbranched alkanes of at least 4 members (excludes halogenated alkanes) is 1. The lowest BCUT2D eigenvalue weighted by Gasteiger charge is -2.15. The number of nitrogens with one attached hydrogen (secondary N) is 1. The number of carbonyl (C=O) groups excluding carboxylic acids is 1. The second-order valence-electron chi connectivity index (χ2n) is 4.36. The second kappa shape index (κ2) is 7.20. The van der Waals surface area contributed by atoms with Gasteiger partial charge in [0.25, 0.3) is 11.6 Å². The molecule has 1 rings (SSSR count). The molecule has 106 valence electrons. The minimum atomic E-state index is -0.472. The average Bonchev–Trinajstić information content (AvgIpc) is 2.76. The van der Waals surface area contributed by atoms with Crippen molar-refractivity contribution in [1.82, 2.24) is 5.32 Å². The van der Waals surface area contributed by atoms with Crippen molar-refractivity contribution in [3.8, 4) is 0 Å². The van der Waals surface area contributed by atoms with Crippen LogP contribution in [0.15, 0.2) is 6.07 Å². The van der Waals surface area contributed by atoms with Crippen LogP contribution in [-0.4, -0.2) is 23.4 Å². The number of carbonyl (C=O) groups is 1. The van der Waals surface area contributed by atoms with Crippen LogP contribution in [0.25, 0.3) is 0 Å². The third-order valence-electron chi connectivity index (χ3n) is 2.84. The van der Waals surface area contributed by atoms with Crippen LogP contribution in [0, 0.1) is 17.0 Å². The highest BCUT2D eigenvalue weighted by Gasteiger charge is 2.20. The van der Waals surface area contributed by atoms with Crippen LogP contribution < -0.4 is 11.1 Å². The molecular weight excluding hydrogens is 266 g/mol. The number of aryl methyl sites for hydroxylation is 1. The van der Waals surface area contributed by atoms with Gasteiger partial charge in [0.1, 0.15) is 0 Å². The Morgan fingerprint density at radius 1 is 1.63 bits per heavy atom. The molecule has 0 aliphatic heterocycles. The first kappa shape index (κ1) is 15.6.